The average Bonchev–Trinajstić information content (AvgIpc) is 3.22. The Labute approximate surface area is 210 Å². The molecule has 7 heteroatoms. The van der Waals surface area contributed by atoms with E-state index in [2.05, 4.69) is 16.0 Å². The van der Waals surface area contributed by atoms with E-state index in [-0.39, 0.29) is 5.91 Å². The third-order valence-corrected chi connectivity index (χ3v) is 6.27. The molecule has 1 aliphatic rings. The van der Waals surface area contributed by atoms with Gasteiger partial charge in [-0.05, 0) is 61.0 Å². The zero-order valence-electron chi connectivity index (χ0n) is 19.9. The van der Waals surface area contributed by atoms with Crippen LogP contribution in [0.5, 0.6) is 0 Å². The molecule has 178 valence electrons. The van der Waals surface area contributed by atoms with E-state index < -0.39 is 0 Å². The lowest BCUT2D eigenvalue weighted by molar-refractivity contribution is -0.125. The molecule has 7 nitrogen and oxygen atoms in total. The first kappa shape index (κ1) is 23.1. The molecule has 0 radical (unpaired) electrons. The second-order valence-electron chi connectivity index (χ2n) is 8.61. The number of anilines is 1. The zero-order chi connectivity index (χ0) is 24.7. The van der Waals surface area contributed by atoms with Crippen LogP contribution in [0.2, 0.25) is 0 Å². The van der Waals surface area contributed by atoms with E-state index in [0.29, 0.717) is 18.7 Å². The molecule has 2 aromatic heterocycles. The van der Waals surface area contributed by atoms with Crippen molar-refractivity contribution in [2.75, 3.05) is 31.1 Å². The summed E-state index contributed by atoms with van der Waals surface area (Å²) in [6.07, 6.45) is 9.83. The van der Waals surface area contributed by atoms with Gasteiger partial charge in [0.15, 0.2) is 0 Å². The van der Waals surface area contributed by atoms with Crippen molar-refractivity contribution in [2.24, 2.45) is 0 Å². The summed E-state index contributed by atoms with van der Waals surface area (Å²) in [6, 6.07) is 23.5. The predicted molar refractivity (Wildman–Crippen MR) is 140 cm³/mol. The van der Waals surface area contributed by atoms with E-state index in [9.17, 15) is 4.79 Å². The Hall–Kier alpha value is -4.70. The molecule has 2 aromatic carbocycles. The van der Waals surface area contributed by atoms with Crippen LogP contribution >= 0.6 is 0 Å². The van der Waals surface area contributed by atoms with Crippen molar-refractivity contribution >= 4 is 17.7 Å². The van der Waals surface area contributed by atoms with Crippen LogP contribution < -0.4 is 4.90 Å². The smallest absolute Gasteiger partial charge is 0.246 e. The summed E-state index contributed by atoms with van der Waals surface area (Å²) in [4.78, 5) is 21.5. The maximum absolute atomic E-state index is 13.1. The van der Waals surface area contributed by atoms with Crippen molar-refractivity contribution in [1.29, 1.82) is 5.26 Å². The van der Waals surface area contributed by atoms with E-state index in [4.69, 9.17) is 10.4 Å². The zero-order valence-corrected chi connectivity index (χ0v) is 19.9. The van der Waals surface area contributed by atoms with Gasteiger partial charge in [-0.2, -0.15) is 10.4 Å². The number of rotatable bonds is 5. The summed E-state index contributed by atoms with van der Waals surface area (Å²) in [7, 11) is 0. The van der Waals surface area contributed by atoms with Gasteiger partial charge in [0.1, 0.15) is 5.69 Å². The van der Waals surface area contributed by atoms with Crippen LogP contribution in [0.1, 0.15) is 17.5 Å². The molecule has 1 amide bonds. The van der Waals surface area contributed by atoms with Crippen LogP contribution in [0.4, 0.5) is 5.69 Å². The molecule has 36 heavy (non-hydrogen) atoms. The molecule has 0 atom stereocenters. The minimum Gasteiger partial charge on any atom is -0.370 e. The maximum Gasteiger partial charge on any atom is 0.246 e. The average molecular weight is 475 g/mol. The molecule has 0 spiro atoms. The van der Waals surface area contributed by atoms with Crippen molar-refractivity contribution in [3.63, 3.8) is 0 Å². The van der Waals surface area contributed by atoms with Crippen LogP contribution in [0, 0.1) is 11.3 Å². The number of hydrogen-bond acceptors (Lipinski definition) is 5. The fourth-order valence-corrected chi connectivity index (χ4v) is 4.36. The lowest BCUT2D eigenvalue weighted by Gasteiger charge is -2.23. The Kier molecular flexibility index (Phi) is 6.86. The Morgan fingerprint density at radius 1 is 0.917 bits per heavy atom. The highest BCUT2D eigenvalue weighted by atomic mass is 16.2. The quantitative estimate of drug-likeness (QED) is 0.396. The number of para-hydroxylation sites is 1. The first-order valence-corrected chi connectivity index (χ1v) is 12.0. The Morgan fingerprint density at radius 3 is 2.50 bits per heavy atom. The minimum absolute atomic E-state index is 0.0127. The predicted octanol–water partition coefficient (Wildman–Crippen LogP) is 4.56. The number of aromatic nitrogens is 3. The van der Waals surface area contributed by atoms with Crippen molar-refractivity contribution in [1.82, 2.24) is 19.7 Å². The number of nitrogens with zero attached hydrogens (tertiary/aromatic N) is 6. The van der Waals surface area contributed by atoms with Gasteiger partial charge in [0.25, 0.3) is 0 Å². The molecule has 0 N–H and O–H groups in total. The van der Waals surface area contributed by atoms with Gasteiger partial charge in [-0.1, -0.05) is 18.2 Å². The number of pyridine rings is 1. The number of hydrogen-bond donors (Lipinski definition) is 0. The highest BCUT2D eigenvalue weighted by molar-refractivity contribution is 5.93. The first-order chi connectivity index (χ1) is 17.7. The van der Waals surface area contributed by atoms with Gasteiger partial charge in [0.2, 0.25) is 5.91 Å². The third-order valence-electron chi connectivity index (χ3n) is 6.27. The molecule has 3 heterocycles. The van der Waals surface area contributed by atoms with Gasteiger partial charge in [-0.25, -0.2) is 4.68 Å². The molecule has 0 bridgehead atoms. The molecule has 1 saturated heterocycles. The van der Waals surface area contributed by atoms with Crippen LogP contribution in [0.25, 0.3) is 23.0 Å². The highest BCUT2D eigenvalue weighted by Crippen LogP contribution is 2.24. The monoisotopic (exact) mass is 474 g/mol. The van der Waals surface area contributed by atoms with Crippen molar-refractivity contribution in [2.45, 2.75) is 6.42 Å². The van der Waals surface area contributed by atoms with E-state index >= 15 is 0 Å². The summed E-state index contributed by atoms with van der Waals surface area (Å²) < 4.78 is 1.83. The molecular weight excluding hydrogens is 448 g/mol. The summed E-state index contributed by atoms with van der Waals surface area (Å²) in [6.45, 7) is 2.96. The van der Waals surface area contributed by atoms with E-state index in [1.165, 1.54) is 0 Å². The lowest BCUT2D eigenvalue weighted by atomic mass is 10.1. The highest BCUT2D eigenvalue weighted by Gasteiger charge is 2.18. The summed E-state index contributed by atoms with van der Waals surface area (Å²) in [5.74, 6) is -0.0127. The first-order valence-electron chi connectivity index (χ1n) is 12.0. The molecule has 0 unspecified atom stereocenters. The fourth-order valence-electron chi connectivity index (χ4n) is 4.36. The standard InChI is InChI=1S/C29H26N6O/c30-20-23-9-12-26(13-10-23)33-16-5-17-34(19-18-33)28(36)14-11-25-22-35(27-7-2-1-3-8-27)32-29(25)24-6-4-15-31-21-24/h1-4,6-15,21-22H,5,16-19H2/b14-11+. The van der Waals surface area contributed by atoms with Gasteiger partial charge in [0, 0.05) is 67.7 Å². The molecular formula is C29H26N6O. The summed E-state index contributed by atoms with van der Waals surface area (Å²) in [5, 5.41) is 13.8. The summed E-state index contributed by atoms with van der Waals surface area (Å²) >= 11 is 0. The number of carbonyl (C=O) groups is 1. The topological polar surface area (TPSA) is 78.0 Å². The molecule has 0 saturated carbocycles. The maximum atomic E-state index is 13.1. The molecule has 1 fully saturated rings. The van der Waals surface area contributed by atoms with Gasteiger partial charge in [0.05, 0.1) is 17.3 Å². The normalized spacial score (nSPS) is 14.0. The Bertz CT molecular complexity index is 1390. The van der Waals surface area contributed by atoms with Crippen molar-refractivity contribution < 1.29 is 4.79 Å². The second-order valence-corrected chi connectivity index (χ2v) is 8.61. The van der Waals surface area contributed by atoms with Crippen LogP contribution in [0.3, 0.4) is 0 Å². The second kappa shape index (κ2) is 10.7. The number of carbonyl (C=O) groups excluding carboxylic acids is 1. The molecule has 5 rings (SSSR count). The fraction of sp³-hybridized carbons (Fsp3) is 0.172. The number of benzene rings is 2. The van der Waals surface area contributed by atoms with Crippen LogP contribution in [-0.2, 0) is 4.79 Å². The SMILES string of the molecule is N#Cc1ccc(N2CCCN(C(=O)/C=C/c3cn(-c4ccccc4)nc3-c3cccnc3)CC2)cc1. The van der Waals surface area contributed by atoms with Crippen molar-refractivity contribution in [3.05, 3.63) is 103 Å². The largest absolute Gasteiger partial charge is 0.370 e. The molecule has 4 aromatic rings. The van der Waals surface area contributed by atoms with Crippen LogP contribution in [0.15, 0.2) is 91.4 Å². The van der Waals surface area contributed by atoms with E-state index in [1.54, 1.807) is 18.5 Å². The number of amides is 1. The van der Waals surface area contributed by atoms with Crippen LogP contribution in [-0.4, -0.2) is 51.8 Å². The van der Waals surface area contributed by atoms with E-state index in [0.717, 1.165) is 47.7 Å². The Morgan fingerprint density at radius 2 is 1.75 bits per heavy atom. The van der Waals surface area contributed by atoms with Gasteiger partial charge in [-0.3, -0.25) is 9.78 Å². The van der Waals surface area contributed by atoms with Crippen molar-refractivity contribution in [3.8, 4) is 23.0 Å². The molecule has 0 aliphatic carbocycles. The van der Waals surface area contributed by atoms with Gasteiger partial charge >= 0.3 is 0 Å². The van der Waals surface area contributed by atoms with E-state index in [1.807, 2.05) is 88.6 Å². The Balaban J connectivity index is 1.32. The number of nitriles is 1. The summed E-state index contributed by atoms with van der Waals surface area (Å²) in [5.41, 5.74) is 5.20. The minimum atomic E-state index is -0.0127. The third kappa shape index (κ3) is 5.18. The van der Waals surface area contributed by atoms with Gasteiger partial charge < -0.3 is 9.80 Å². The van der Waals surface area contributed by atoms with Gasteiger partial charge in [-0.15, -0.1) is 0 Å². The lowest BCUT2D eigenvalue weighted by Crippen LogP contribution is -2.34. The molecule has 1 aliphatic heterocycles.